The monoisotopic (exact) mass is 311 g/mol. The molecule has 0 rings (SSSR count). The summed E-state index contributed by atoms with van der Waals surface area (Å²) in [4.78, 5) is 23.8. The maximum absolute atomic E-state index is 12.3. The second-order valence-corrected chi connectivity index (χ2v) is 5.75. The maximum atomic E-state index is 12.3. The van der Waals surface area contributed by atoms with E-state index in [4.69, 9.17) is 9.47 Å². The topological polar surface area (TPSA) is 64.6 Å². The highest BCUT2D eigenvalue weighted by Gasteiger charge is 2.25. The smallest absolute Gasteiger partial charge is 0.407 e. The van der Waals surface area contributed by atoms with Crippen molar-refractivity contribution in [3.05, 3.63) is 24.8 Å². The third kappa shape index (κ3) is 9.21. The van der Waals surface area contributed by atoms with E-state index < -0.39 is 18.1 Å². The Hall–Kier alpha value is -1.78. The SMILES string of the molecule is C=C[C@@H](CCC(=C)C)OC(=O)[C@H](CC(C)C)NC(=O)OCC. The third-order valence-corrected chi connectivity index (χ3v) is 2.95. The Labute approximate surface area is 133 Å². The molecule has 0 heterocycles. The summed E-state index contributed by atoms with van der Waals surface area (Å²) in [5.41, 5.74) is 1.02. The van der Waals surface area contributed by atoms with Crippen LogP contribution in [0.15, 0.2) is 24.8 Å². The van der Waals surface area contributed by atoms with Crippen molar-refractivity contribution in [3.8, 4) is 0 Å². The van der Waals surface area contributed by atoms with Crippen LogP contribution in [0, 0.1) is 5.92 Å². The average molecular weight is 311 g/mol. The highest BCUT2D eigenvalue weighted by molar-refractivity contribution is 5.81. The van der Waals surface area contributed by atoms with E-state index in [2.05, 4.69) is 18.5 Å². The molecule has 5 nitrogen and oxygen atoms in total. The van der Waals surface area contributed by atoms with Crippen LogP contribution in [0.4, 0.5) is 4.79 Å². The number of allylic oxidation sites excluding steroid dienone is 1. The lowest BCUT2D eigenvalue weighted by Crippen LogP contribution is -2.44. The van der Waals surface area contributed by atoms with E-state index in [1.54, 1.807) is 13.0 Å². The van der Waals surface area contributed by atoms with Crippen LogP contribution in [0.25, 0.3) is 0 Å². The van der Waals surface area contributed by atoms with Gasteiger partial charge >= 0.3 is 12.1 Å². The van der Waals surface area contributed by atoms with E-state index in [0.717, 1.165) is 12.0 Å². The molecule has 0 aliphatic heterocycles. The quantitative estimate of drug-likeness (QED) is 0.494. The van der Waals surface area contributed by atoms with Crippen LogP contribution >= 0.6 is 0 Å². The van der Waals surface area contributed by atoms with Gasteiger partial charge in [0.2, 0.25) is 0 Å². The van der Waals surface area contributed by atoms with Crippen LogP contribution in [-0.2, 0) is 14.3 Å². The number of nitrogens with one attached hydrogen (secondary N) is 1. The number of hydrogen-bond acceptors (Lipinski definition) is 4. The molecule has 0 aliphatic carbocycles. The first-order valence-electron chi connectivity index (χ1n) is 7.70. The molecule has 0 aromatic rings. The number of ether oxygens (including phenoxy) is 2. The fourth-order valence-corrected chi connectivity index (χ4v) is 1.85. The number of esters is 1. The van der Waals surface area contributed by atoms with Gasteiger partial charge in [0.25, 0.3) is 0 Å². The lowest BCUT2D eigenvalue weighted by atomic mass is 10.0. The number of carbonyl (C=O) groups is 2. The molecule has 5 heteroatoms. The zero-order chi connectivity index (χ0) is 17.1. The zero-order valence-corrected chi connectivity index (χ0v) is 14.2. The first-order chi connectivity index (χ1) is 10.3. The molecule has 0 spiro atoms. The van der Waals surface area contributed by atoms with Crippen molar-refractivity contribution in [3.63, 3.8) is 0 Å². The number of amides is 1. The first kappa shape index (κ1) is 20.2. The van der Waals surface area contributed by atoms with E-state index in [-0.39, 0.29) is 18.6 Å². The van der Waals surface area contributed by atoms with Gasteiger partial charge in [-0.1, -0.05) is 32.1 Å². The molecule has 0 aliphatic rings. The van der Waals surface area contributed by atoms with E-state index in [1.807, 2.05) is 20.8 Å². The molecule has 0 aromatic carbocycles. The molecular formula is C17H29NO4. The minimum absolute atomic E-state index is 0.233. The Morgan fingerprint density at radius 3 is 2.41 bits per heavy atom. The lowest BCUT2D eigenvalue weighted by molar-refractivity contribution is -0.150. The number of carbonyl (C=O) groups excluding carboxylic acids is 2. The molecule has 0 saturated heterocycles. The summed E-state index contributed by atoms with van der Waals surface area (Å²) in [6.45, 7) is 15.3. The summed E-state index contributed by atoms with van der Waals surface area (Å²) in [5, 5.41) is 2.56. The average Bonchev–Trinajstić information content (AvgIpc) is 2.41. The molecule has 22 heavy (non-hydrogen) atoms. The van der Waals surface area contributed by atoms with Crippen LogP contribution in [-0.4, -0.2) is 30.8 Å². The highest BCUT2D eigenvalue weighted by atomic mass is 16.6. The van der Waals surface area contributed by atoms with Crippen LogP contribution in [0.5, 0.6) is 0 Å². The van der Waals surface area contributed by atoms with Gasteiger partial charge in [0.05, 0.1) is 6.61 Å². The van der Waals surface area contributed by atoms with Gasteiger partial charge in [-0.2, -0.15) is 0 Å². The van der Waals surface area contributed by atoms with Crippen molar-refractivity contribution >= 4 is 12.1 Å². The molecule has 126 valence electrons. The summed E-state index contributed by atoms with van der Waals surface area (Å²) in [6.07, 6.45) is 2.48. The van der Waals surface area contributed by atoms with Crippen LogP contribution in [0.2, 0.25) is 0 Å². The van der Waals surface area contributed by atoms with Gasteiger partial charge in [-0.3, -0.25) is 0 Å². The minimum atomic E-state index is -0.716. The second kappa shape index (κ2) is 10.9. The number of alkyl carbamates (subject to hydrolysis) is 1. The van der Waals surface area contributed by atoms with Crippen molar-refractivity contribution in [1.29, 1.82) is 0 Å². The van der Waals surface area contributed by atoms with Crippen molar-refractivity contribution in [2.45, 2.75) is 59.1 Å². The zero-order valence-electron chi connectivity index (χ0n) is 14.2. The van der Waals surface area contributed by atoms with Gasteiger partial charge in [0.15, 0.2) is 0 Å². The van der Waals surface area contributed by atoms with Gasteiger partial charge in [0, 0.05) is 0 Å². The Morgan fingerprint density at radius 2 is 1.95 bits per heavy atom. The van der Waals surface area contributed by atoms with Crippen molar-refractivity contribution < 1.29 is 19.1 Å². The summed E-state index contributed by atoms with van der Waals surface area (Å²) in [7, 11) is 0. The van der Waals surface area contributed by atoms with E-state index >= 15 is 0 Å². The maximum Gasteiger partial charge on any atom is 0.407 e. The molecule has 0 unspecified atom stereocenters. The Bertz CT molecular complexity index is 390. The van der Waals surface area contributed by atoms with Crippen LogP contribution in [0.1, 0.15) is 47.0 Å². The predicted octanol–water partition coefficient (Wildman–Crippen LogP) is 3.60. The Balaban J connectivity index is 4.68. The van der Waals surface area contributed by atoms with Crippen LogP contribution < -0.4 is 5.32 Å². The third-order valence-electron chi connectivity index (χ3n) is 2.95. The standard InChI is InChI=1S/C17H29NO4/c1-7-14(10-9-12(3)4)22-16(19)15(11-13(5)6)18-17(20)21-8-2/h7,13-15H,1,3,8-11H2,2,4-6H3,(H,18,20)/t14-,15-/m0/s1. The van der Waals surface area contributed by atoms with Crippen molar-refractivity contribution in [1.82, 2.24) is 5.32 Å². The Kier molecular flexibility index (Phi) is 10.00. The van der Waals surface area contributed by atoms with Gasteiger partial charge in [-0.15, -0.1) is 6.58 Å². The largest absolute Gasteiger partial charge is 0.457 e. The van der Waals surface area contributed by atoms with Crippen molar-refractivity contribution in [2.24, 2.45) is 5.92 Å². The van der Waals surface area contributed by atoms with Gasteiger partial charge in [0.1, 0.15) is 12.1 Å². The molecule has 0 fully saturated rings. The molecular weight excluding hydrogens is 282 g/mol. The molecule has 2 atom stereocenters. The van der Waals surface area contributed by atoms with Crippen LogP contribution in [0.3, 0.4) is 0 Å². The summed E-state index contributed by atoms with van der Waals surface area (Å²) < 4.78 is 10.2. The summed E-state index contributed by atoms with van der Waals surface area (Å²) >= 11 is 0. The molecule has 0 saturated carbocycles. The van der Waals surface area contributed by atoms with Gasteiger partial charge < -0.3 is 14.8 Å². The first-order valence-corrected chi connectivity index (χ1v) is 7.70. The van der Waals surface area contributed by atoms with Crippen molar-refractivity contribution in [2.75, 3.05) is 6.61 Å². The fraction of sp³-hybridized carbons (Fsp3) is 0.647. The molecule has 1 N–H and O–H groups in total. The number of hydrogen-bond donors (Lipinski definition) is 1. The molecule has 1 amide bonds. The molecule has 0 aromatic heterocycles. The van der Waals surface area contributed by atoms with Gasteiger partial charge in [-0.25, -0.2) is 9.59 Å². The predicted molar refractivity (Wildman–Crippen MR) is 87.5 cm³/mol. The molecule has 0 radical (unpaired) electrons. The second-order valence-electron chi connectivity index (χ2n) is 5.75. The van der Waals surface area contributed by atoms with E-state index in [1.165, 1.54) is 0 Å². The fourth-order valence-electron chi connectivity index (χ4n) is 1.85. The summed E-state index contributed by atoms with van der Waals surface area (Å²) in [5.74, 6) is -0.231. The molecule has 0 bridgehead atoms. The Morgan fingerprint density at radius 1 is 1.32 bits per heavy atom. The van der Waals surface area contributed by atoms with E-state index in [9.17, 15) is 9.59 Å². The minimum Gasteiger partial charge on any atom is -0.457 e. The number of rotatable bonds is 10. The van der Waals surface area contributed by atoms with Gasteiger partial charge in [-0.05, 0) is 39.0 Å². The summed E-state index contributed by atoms with van der Waals surface area (Å²) in [6, 6.07) is -0.716. The lowest BCUT2D eigenvalue weighted by Gasteiger charge is -2.22. The highest BCUT2D eigenvalue weighted by Crippen LogP contribution is 2.13. The van der Waals surface area contributed by atoms with E-state index in [0.29, 0.717) is 12.8 Å². The normalized spacial score (nSPS) is 13.1.